The Morgan fingerprint density at radius 3 is 2.18 bits per heavy atom. The Morgan fingerprint density at radius 1 is 0.579 bits per heavy atom. The average Bonchev–Trinajstić information content (AvgIpc) is 3.89. The first kappa shape index (κ1) is 33.3. The summed E-state index contributed by atoms with van der Waals surface area (Å²) in [5.74, 6) is 3.54. The molecule has 5 aliphatic carbocycles. The molecule has 0 radical (unpaired) electrons. The highest BCUT2D eigenvalue weighted by Crippen LogP contribution is 2.89. The molecule has 1 aromatic heterocycles. The number of hydrogen-bond acceptors (Lipinski definition) is 3. The molecule has 4 saturated carbocycles. The van der Waals surface area contributed by atoms with E-state index in [1.54, 1.807) is 11.1 Å². The number of benzene rings is 6. The van der Waals surface area contributed by atoms with Crippen molar-refractivity contribution in [3.63, 3.8) is 0 Å². The summed E-state index contributed by atoms with van der Waals surface area (Å²) >= 11 is 2.01. The highest BCUT2D eigenvalue weighted by atomic mass is 32.2. The van der Waals surface area contributed by atoms with Gasteiger partial charge in [-0.1, -0.05) is 106 Å². The number of anilines is 3. The Hall–Kier alpha value is -4.73. The van der Waals surface area contributed by atoms with E-state index in [2.05, 4.69) is 160 Å². The fraction of sp³-hybridized carbons (Fsp3) is 0.333. The lowest BCUT2D eigenvalue weighted by atomic mass is 9.26. The molecule has 0 saturated heterocycles. The molecule has 6 aromatic carbocycles. The number of para-hydroxylation sites is 1. The molecular weight excluding hydrogens is 711 g/mol. The first-order chi connectivity index (χ1) is 27.7. The molecule has 2 nitrogen and oxygen atoms in total. The van der Waals surface area contributed by atoms with Gasteiger partial charge < -0.3 is 9.32 Å². The van der Waals surface area contributed by atoms with E-state index in [0.717, 1.165) is 52.3 Å². The zero-order chi connectivity index (χ0) is 38.1. The van der Waals surface area contributed by atoms with Crippen LogP contribution in [0.4, 0.5) is 17.1 Å². The lowest BCUT2D eigenvalue weighted by molar-refractivity contribution is -0.235. The number of rotatable bonds is 4. The zero-order valence-electron chi connectivity index (χ0n) is 33.4. The summed E-state index contributed by atoms with van der Waals surface area (Å²) in [4.78, 5) is 5.49. The Bertz CT molecular complexity index is 2840. The molecule has 0 N–H and O–H groups in total. The summed E-state index contributed by atoms with van der Waals surface area (Å²) in [6.07, 6.45) is 8.20. The van der Waals surface area contributed by atoms with Gasteiger partial charge in [0.25, 0.3) is 0 Å². The molecule has 0 amide bonds. The maximum atomic E-state index is 6.50. The van der Waals surface area contributed by atoms with Gasteiger partial charge in [0.15, 0.2) is 0 Å². The maximum Gasteiger partial charge on any atom is 0.137 e. The quantitative estimate of drug-likeness (QED) is 0.178. The molecule has 1 aliphatic heterocycles. The zero-order valence-corrected chi connectivity index (χ0v) is 34.3. The second kappa shape index (κ2) is 11.1. The summed E-state index contributed by atoms with van der Waals surface area (Å²) in [5, 5.41) is 2.32. The van der Waals surface area contributed by atoms with Crippen LogP contribution >= 0.6 is 11.8 Å². The van der Waals surface area contributed by atoms with E-state index in [1.165, 1.54) is 80.9 Å². The van der Waals surface area contributed by atoms with Gasteiger partial charge in [0.05, 0.1) is 5.69 Å². The van der Waals surface area contributed by atoms with E-state index in [0.29, 0.717) is 5.41 Å². The van der Waals surface area contributed by atoms with Gasteiger partial charge in [0, 0.05) is 43.4 Å². The van der Waals surface area contributed by atoms with E-state index in [4.69, 9.17) is 4.42 Å². The van der Waals surface area contributed by atoms with Crippen molar-refractivity contribution in [3.8, 4) is 11.1 Å². The van der Waals surface area contributed by atoms with Crippen molar-refractivity contribution < 1.29 is 4.42 Å². The third-order valence-corrected chi connectivity index (χ3v) is 17.8. The van der Waals surface area contributed by atoms with Crippen LogP contribution in [0.25, 0.3) is 33.1 Å². The van der Waals surface area contributed by atoms with Crippen LogP contribution in [-0.4, -0.2) is 0 Å². The minimum atomic E-state index is 0.0399. The smallest absolute Gasteiger partial charge is 0.137 e. The van der Waals surface area contributed by atoms with E-state index in [9.17, 15) is 0 Å². The van der Waals surface area contributed by atoms with Crippen LogP contribution in [0.2, 0.25) is 0 Å². The fourth-order valence-electron chi connectivity index (χ4n) is 14.2. The molecule has 57 heavy (non-hydrogen) atoms. The van der Waals surface area contributed by atoms with Crippen molar-refractivity contribution in [3.05, 3.63) is 150 Å². The fourth-order valence-corrected chi connectivity index (χ4v) is 15.4. The molecule has 4 fully saturated rings. The predicted octanol–water partition coefficient (Wildman–Crippen LogP) is 14.9. The topological polar surface area (TPSA) is 16.4 Å². The average molecular weight is 760 g/mol. The molecule has 2 bridgehead atoms. The van der Waals surface area contributed by atoms with Gasteiger partial charge in [-0.25, -0.2) is 0 Å². The Kier molecular flexibility index (Phi) is 6.45. The van der Waals surface area contributed by atoms with E-state index in [1.807, 2.05) is 11.8 Å². The van der Waals surface area contributed by atoms with Crippen LogP contribution in [0.3, 0.4) is 0 Å². The van der Waals surface area contributed by atoms with Gasteiger partial charge in [0.2, 0.25) is 0 Å². The van der Waals surface area contributed by atoms with Crippen molar-refractivity contribution in [2.45, 2.75) is 92.3 Å². The number of hydrogen-bond donors (Lipinski definition) is 0. The van der Waals surface area contributed by atoms with Crippen molar-refractivity contribution in [2.75, 3.05) is 4.90 Å². The minimum Gasteiger partial charge on any atom is -0.456 e. The number of nitrogens with zero attached hydrogens (tertiary/aromatic N) is 1. The van der Waals surface area contributed by atoms with Crippen molar-refractivity contribution in [2.24, 2.45) is 29.1 Å². The summed E-state index contributed by atoms with van der Waals surface area (Å²) in [6, 6.07) is 48.7. The van der Waals surface area contributed by atoms with Gasteiger partial charge in [0.1, 0.15) is 11.2 Å². The van der Waals surface area contributed by atoms with Crippen LogP contribution in [0.1, 0.15) is 88.5 Å². The largest absolute Gasteiger partial charge is 0.456 e. The Balaban J connectivity index is 0.948. The number of fused-ring (bicyclic) bond motifs is 11. The molecular formula is C54H49NOS. The van der Waals surface area contributed by atoms with Crippen LogP contribution in [0.15, 0.2) is 142 Å². The van der Waals surface area contributed by atoms with Crippen LogP contribution in [0, 0.1) is 29.1 Å². The molecule has 282 valence electrons. The first-order valence-electron chi connectivity index (χ1n) is 21.5. The predicted molar refractivity (Wildman–Crippen MR) is 235 cm³/mol. The Morgan fingerprint density at radius 2 is 1.30 bits per heavy atom. The maximum absolute atomic E-state index is 6.50. The van der Waals surface area contributed by atoms with Crippen molar-refractivity contribution >= 4 is 50.8 Å². The van der Waals surface area contributed by atoms with Crippen molar-refractivity contribution in [1.82, 2.24) is 0 Å². The summed E-state index contributed by atoms with van der Waals surface area (Å²) in [6.45, 7) is 9.74. The molecule has 7 aromatic rings. The molecule has 6 atom stereocenters. The normalized spacial score (nSPS) is 29.0. The van der Waals surface area contributed by atoms with Gasteiger partial charge in [-0.15, -0.1) is 0 Å². The van der Waals surface area contributed by atoms with E-state index < -0.39 is 0 Å². The molecule has 6 unspecified atom stereocenters. The van der Waals surface area contributed by atoms with Gasteiger partial charge in [-0.2, -0.15) is 0 Å². The number of furan rings is 1. The second-order valence-corrected chi connectivity index (χ2v) is 21.1. The summed E-state index contributed by atoms with van der Waals surface area (Å²) in [5.41, 5.74) is 15.2. The molecule has 13 rings (SSSR count). The third-order valence-electron chi connectivity index (χ3n) is 16.6. The molecule has 3 heteroatoms. The third kappa shape index (κ3) is 4.15. The van der Waals surface area contributed by atoms with Crippen LogP contribution in [0.5, 0.6) is 0 Å². The first-order valence-corrected chi connectivity index (χ1v) is 22.4. The second-order valence-electron chi connectivity index (χ2n) is 20.0. The van der Waals surface area contributed by atoms with Gasteiger partial charge in [-0.3, -0.25) is 0 Å². The highest BCUT2D eigenvalue weighted by molar-refractivity contribution is 7.99. The van der Waals surface area contributed by atoms with Gasteiger partial charge in [-0.05, 0) is 166 Å². The van der Waals surface area contributed by atoms with Crippen LogP contribution in [-0.2, 0) is 16.2 Å². The summed E-state index contributed by atoms with van der Waals surface area (Å²) < 4.78 is 6.50. The van der Waals surface area contributed by atoms with Crippen LogP contribution < -0.4 is 4.90 Å². The van der Waals surface area contributed by atoms with E-state index >= 15 is 0 Å². The molecule has 6 aliphatic rings. The van der Waals surface area contributed by atoms with E-state index in [-0.39, 0.29) is 16.2 Å². The lowest BCUT2D eigenvalue weighted by Crippen LogP contribution is -2.74. The highest BCUT2D eigenvalue weighted by Gasteiger charge is 2.84. The monoisotopic (exact) mass is 759 g/mol. The van der Waals surface area contributed by atoms with Gasteiger partial charge >= 0.3 is 0 Å². The lowest BCUT2D eigenvalue weighted by Gasteiger charge is -2.78. The standard InChI is InChI=1S/C54H49NOS/c1-51(2)24-25-52(3,4)50-41(51)12-9-13-43(50)55(37-21-22-39-38-10-5-7-14-44(38)56-45(39)30-37)36-19-16-33(17-20-36)34-18-23-47-42(28-34)54(40-11-6-8-15-46(40)57-47)48-27-32-26-35-29-49(54)53(35,48)31-32/h5-23,28,30,32,35,48-49H,24-27,29,31H2,1-4H3. The van der Waals surface area contributed by atoms with Crippen molar-refractivity contribution in [1.29, 1.82) is 0 Å². The molecule has 2 spiro atoms. The summed E-state index contributed by atoms with van der Waals surface area (Å²) in [7, 11) is 0. The SMILES string of the molecule is CC1(C)CCC(C)(C)c2c(N(c3ccc(-c4ccc5c(c4)C4(c6ccccc6S5)C5CC6CC7CC4C75C6)cc3)c3ccc4c(c3)oc3ccccc34)cccc21. The minimum absolute atomic E-state index is 0.0399. The Labute approximate surface area is 340 Å². The molecule has 2 heterocycles.